The average molecular weight is 261 g/mol. The van der Waals surface area contributed by atoms with E-state index in [1.807, 2.05) is 0 Å². The van der Waals surface area contributed by atoms with E-state index in [9.17, 15) is 12.8 Å². The third kappa shape index (κ3) is 4.07. The number of hydrogen-bond acceptors (Lipinski definition) is 3. The Morgan fingerprint density at radius 2 is 2.06 bits per heavy atom. The minimum atomic E-state index is -3.81. The van der Waals surface area contributed by atoms with Crippen LogP contribution in [0, 0.1) is 11.7 Å². The van der Waals surface area contributed by atoms with Gasteiger partial charge in [-0.3, -0.25) is 0 Å². The molecule has 1 aromatic rings. The maximum absolute atomic E-state index is 13.3. The first-order chi connectivity index (χ1) is 7.97. The number of aliphatic hydroxyl groups is 1. The van der Waals surface area contributed by atoms with Crippen LogP contribution in [-0.4, -0.2) is 26.7 Å². The van der Waals surface area contributed by atoms with Crippen molar-refractivity contribution in [1.29, 1.82) is 0 Å². The number of benzene rings is 1. The van der Waals surface area contributed by atoms with E-state index in [1.54, 1.807) is 6.92 Å². The van der Waals surface area contributed by atoms with Gasteiger partial charge in [0.1, 0.15) is 10.7 Å². The minimum Gasteiger partial charge on any atom is -0.396 e. The second-order valence-corrected chi connectivity index (χ2v) is 5.64. The highest BCUT2D eigenvalue weighted by Crippen LogP contribution is 2.13. The SMILES string of the molecule is C[C@@H](CCO)CNS(=O)(=O)c1ccccc1F. The van der Waals surface area contributed by atoms with Gasteiger partial charge in [0.2, 0.25) is 10.0 Å². The van der Waals surface area contributed by atoms with E-state index in [0.29, 0.717) is 6.42 Å². The fourth-order valence-corrected chi connectivity index (χ4v) is 2.56. The number of rotatable bonds is 6. The first kappa shape index (κ1) is 14.1. The van der Waals surface area contributed by atoms with Crippen molar-refractivity contribution in [3.8, 4) is 0 Å². The van der Waals surface area contributed by atoms with Crippen molar-refractivity contribution in [2.45, 2.75) is 18.2 Å². The smallest absolute Gasteiger partial charge is 0.243 e. The summed E-state index contributed by atoms with van der Waals surface area (Å²) in [5, 5.41) is 8.69. The number of nitrogens with one attached hydrogen (secondary N) is 1. The molecular formula is C11H16FNO3S. The minimum absolute atomic E-state index is 0.00143. The molecule has 96 valence electrons. The molecule has 1 rings (SSSR count). The van der Waals surface area contributed by atoms with Crippen LogP contribution in [-0.2, 0) is 10.0 Å². The fraction of sp³-hybridized carbons (Fsp3) is 0.455. The summed E-state index contributed by atoms with van der Waals surface area (Å²) in [7, 11) is -3.81. The Bertz CT molecular complexity index is 462. The van der Waals surface area contributed by atoms with Gasteiger partial charge >= 0.3 is 0 Å². The van der Waals surface area contributed by atoms with Crippen LogP contribution in [0.3, 0.4) is 0 Å². The zero-order chi connectivity index (χ0) is 12.9. The van der Waals surface area contributed by atoms with E-state index in [4.69, 9.17) is 5.11 Å². The zero-order valence-electron chi connectivity index (χ0n) is 9.56. The van der Waals surface area contributed by atoms with Crippen LogP contribution in [0.5, 0.6) is 0 Å². The normalized spacial score (nSPS) is 13.6. The lowest BCUT2D eigenvalue weighted by atomic mass is 10.1. The summed E-state index contributed by atoms with van der Waals surface area (Å²) in [4.78, 5) is -0.351. The molecule has 6 heteroatoms. The lowest BCUT2D eigenvalue weighted by Gasteiger charge is -2.11. The maximum atomic E-state index is 13.3. The summed E-state index contributed by atoms with van der Waals surface area (Å²) in [5.41, 5.74) is 0. The number of aliphatic hydroxyl groups excluding tert-OH is 1. The Hall–Kier alpha value is -0.980. The Morgan fingerprint density at radius 1 is 1.41 bits per heavy atom. The summed E-state index contributed by atoms with van der Waals surface area (Å²) in [6.45, 7) is 1.99. The van der Waals surface area contributed by atoms with Crippen molar-refractivity contribution >= 4 is 10.0 Å². The van der Waals surface area contributed by atoms with Gasteiger partial charge in [0.25, 0.3) is 0 Å². The van der Waals surface area contributed by atoms with E-state index in [2.05, 4.69) is 4.72 Å². The average Bonchev–Trinajstić information content (AvgIpc) is 2.27. The highest BCUT2D eigenvalue weighted by molar-refractivity contribution is 7.89. The number of hydrogen-bond donors (Lipinski definition) is 2. The van der Waals surface area contributed by atoms with E-state index in [0.717, 1.165) is 6.07 Å². The summed E-state index contributed by atoms with van der Waals surface area (Å²) in [6, 6.07) is 5.22. The molecule has 0 saturated carbocycles. The number of halogens is 1. The van der Waals surface area contributed by atoms with Gasteiger partial charge in [-0.25, -0.2) is 17.5 Å². The standard InChI is InChI=1S/C11H16FNO3S/c1-9(6-7-14)8-13-17(15,16)11-5-3-2-4-10(11)12/h2-5,9,13-14H,6-8H2,1H3/t9-/m0/s1. The first-order valence-corrected chi connectivity index (χ1v) is 6.80. The van der Waals surface area contributed by atoms with Crippen molar-refractivity contribution in [2.75, 3.05) is 13.2 Å². The Labute approximate surface area is 101 Å². The molecule has 0 radical (unpaired) electrons. The molecule has 0 aliphatic rings. The molecular weight excluding hydrogens is 245 g/mol. The molecule has 0 spiro atoms. The predicted octanol–water partition coefficient (Wildman–Crippen LogP) is 1.12. The van der Waals surface area contributed by atoms with Crippen LogP contribution < -0.4 is 4.72 Å². The van der Waals surface area contributed by atoms with Crippen LogP contribution in [0.1, 0.15) is 13.3 Å². The topological polar surface area (TPSA) is 66.4 Å². The Kier molecular flexibility index (Phi) is 5.04. The Morgan fingerprint density at radius 3 is 2.65 bits per heavy atom. The summed E-state index contributed by atoms with van der Waals surface area (Å²) in [6.07, 6.45) is 0.500. The highest BCUT2D eigenvalue weighted by atomic mass is 32.2. The van der Waals surface area contributed by atoms with E-state index < -0.39 is 15.8 Å². The summed E-state index contributed by atoms with van der Waals surface area (Å²) in [5.74, 6) is -0.767. The van der Waals surface area contributed by atoms with Crippen LogP contribution >= 0.6 is 0 Å². The molecule has 0 aliphatic heterocycles. The van der Waals surface area contributed by atoms with Gasteiger partial charge in [0.05, 0.1) is 0 Å². The second-order valence-electron chi connectivity index (χ2n) is 3.90. The monoisotopic (exact) mass is 261 g/mol. The number of sulfonamides is 1. The zero-order valence-corrected chi connectivity index (χ0v) is 10.4. The van der Waals surface area contributed by atoms with Crippen molar-refractivity contribution < 1.29 is 17.9 Å². The van der Waals surface area contributed by atoms with Crippen molar-refractivity contribution in [3.05, 3.63) is 30.1 Å². The molecule has 0 heterocycles. The van der Waals surface area contributed by atoms with Gasteiger partial charge in [0, 0.05) is 13.2 Å². The lowest BCUT2D eigenvalue weighted by molar-refractivity contribution is 0.263. The molecule has 0 bridgehead atoms. The Balaban J connectivity index is 2.73. The quantitative estimate of drug-likeness (QED) is 0.806. The predicted molar refractivity (Wildman–Crippen MR) is 62.5 cm³/mol. The van der Waals surface area contributed by atoms with Crippen molar-refractivity contribution in [3.63, 3.8) is 0 Å². The van der Waals surface area contributed by atoms with E-state index in [1.165, 1.54) is 18.2 Å². The fourth-order valence-electron chi connectivity index (χ4n) is 1.31. The van der Waals surface area contributed by atoms with Crippen LogP contribution in [0.4, 0.5) is 4.39 Å². The third-order valence-corrected chi connectivity index (χ3v) is 3.83. The first-order valence-electron chi connectivity index (χ1n) is 5.32. The lowest BCUT2D eigenvalue weighted by Crippen LogP contribution is -2.29. The molecule has 0 amide bonds. The molecule has 1 atom stereocenters. The molecule has 1 aromatic carbocycles. The molecule has 0 unspecified atom stereocenters. The van der Waals surface area contributed by atoms with E-state index in [-0.39, 0.29) is 24.0 Å². The molecule has 2 N–H and O–H groups in total. The molecule has 17 heavy (non-hydrogen) atoms. The van der Waals surface area contributed by atoms with Gasteiger partial charge in [-0.1, -0.05) is 19.1 Å². The third-order valence-electron chi connectivity index (χ3n) is 2.37. The van der Waals surface area contributed by atoms with Gasteiger partial charge in [-0.2, -0.15) is 0 Å². The largest absolute Gasteiger partial charge is 0.396 e. The summed E-state index contributed by atoms with van der Waals surface area (Å²) >= 11 is 0. The van der Waals surface area contributed by atoms with E-state index >= 15 is 0 Å². The summed E-state index contributed by atoms with van der Waals surface area (Å²) < 4.78 is 39.1. The van der Waals surface area contributed by atoms with Crippen LogP contribution in [0.25, 0.3) is 0 Å². The van der Waals surface area contributed by atoms with Gasteiger partial charge < -0.3 is 5.11 Å². The molecule has 0 aromatic heterocycles. The van der Waals surface area contributed by atoms with Crippen molar-refractivity contribution in [1.82, 2.24) is 4.72 Å². The van der Waals surface area contributed by atoms with Gasteiger partial charge in [-0.15, -0.1) is 0 Å². The maximum Gasteiger partial charge on any atom is 0.243 e. The van der Waals surface area contributed by atoms with Gasteiger partial charge in [-0.05, 0) is 24.5 Å². The highest BCUT2D eigenvalue weighted by Gasteiger charge is 2.18. The molecule has 0 saturated heterocycles. The van der Waals surface area contributed by atoms with Crippen LogP contribution in [0.2, 0.25) is 0 Å². The van der Waals surface area contributed by atoms with Crippen LogP contribution in [0.15, 0.2) is 29.2 Å². The van der Waals surface area contributed by atoms with Gasteiger partial charge in [0.15, 0.2) is 0 Å². The van der Waals surface area contributed by atoms with Crippen molar-refractivity contribution in [2.24, 2.45) is 5.92 Å². The molecule has 0 aliphatic carbocycles. The molecule has 0 fully saturated rings. The second kappa shape index (κ2) is 6.09. The molecule has 4 nitrogen and oxygen atoms in total.